The molecule has 0 bridgehead atoms. The highest BCUT2D eigenvalue weighted by molar-refractivity contribution is 7.90. The average Bonchev–Trinajstić information content (AvgIpc) is 3.03. The zero-order chi connectivity index (χ0) is 13.3. The van der Waals surface area contributed by atoms with E-state index in [4.69, 9.17) is 0 Å². The molecular weight excluding hydrogens is 252 g/mol. The molecule has 18 heavy (non-hydrogen) atoms. The molecule has 1 aliphatic heterocycles. The molecule has 0 unspecified atom stereocenters. The third-order valence-electron chi connectivity index (χ3n) is 3.89. The summed E-state index contributed by atoms with van der Waals surface area (Å²) in [6.07, 6.45) is 2.30. The van der Waals surface area contributed by atoms with Crippen LogP contribution in [0, 0.1) is 11.8 Å². The van der Waals surface area contributed by atoms with Crippen LogP contribution in [-0.2, 0) is 14.6 Å². The fraction of sp³-hybridized carbons (Fsp3) is 0.917. The first-order chi connectivity index (χ1) is 8.37. The van der Waals surface area contributed by atoms with Gasteiger partial charge in [0.1, 0.15) is 9.84 Å². The van der Waals surface area contributed by atoms with E-state index in [2.05, 4.69) is 11.8 Å². The molecule has 2 aliphatic rings. The van der Waals surface area contributed by atoms with Crippen LogP contribution in [0.15, 0.2) is 0 Å². The van der Waals surface area contributed by atoms with Crippen LogP contribution in [-0.4, -0.2) is 68.9 Å². The molecule has 0 aromatic heterocycles. The van der Waals surface area contributed by atoms with Gasteiger partial charge in [-0.1, -0.05) is 6.92 Å². The molecule has 1 heterocycles. The second-order valence-electron chi connectivity index (χ2n) is 5.62. The third kappa shape index (κ3) is 3.68. The SMILES string of the molecule is C[C@@H]1C[C@@H]1C(=O)N1CCN(CCS(C)(=O)=O)CC1. The summed E-state index contributed by atoms with van der Waals surface area (Å²) in [6.45, 7) is 5.77. The fourth-order valence-electron chi connectivity index (χ4n) is 2.39. The van der Waals surface area contributed by atoms with Crippen molar-refractivity contribution in [3.05, 3.63) is 0 Å². The number of hydrogen-bond acceptors (Lipinski definition) is 4. The van der Waals surface area contributed by atoms with Crippen molar-refractivity contribution < 1.29 is 13.2 Å². The van der Waals surface area contributed by atoms with Gasteiger partial charge in [-0.25, -0.2) is 8.42 Å². The van der Waals surface area contributed by atoms with Crippen LogP contribution in [0.2, 0.25) is 0 Å². The second kappa shape index (κ2) is 5.17. The number of sulfone groups is 1. The van der Waals surface area contributed by atoms with E-state index in [1.54, 1.807) is 0 Å². The van der Waals surface area contributed by atoms with Crippen molar-refractivity contribution in [2.75, 3.05) is 44.7 Å². The third-order valence-corrected chi connectivity index (χ3v) is 4.81. The Morgan fingerprint density at radius 1 is 1.22 bits per heavy atom. The Labute approximate surface area is 109 Å². The largest absolute Gasteiger partial charge is 0.340 e. The molecule has 1 saturated heterocycles. The molecule has 0 aromatic rings. The maximum Gasteiger partial charge on any atom is 0.226 e. The van der Waals surface area contributed by atoms with Crippen LogP contribution in [0.1, 0.15) is 13.3 Å². The summed E-state index contributed by atoms with van der Waals surface area (Å²) in [5.74, 6) is 1.32. The summed E-state index contributed by atoms with van der Waals surface area (Å²) in [4.78, 5) is 16.1. The lowest BCUT2D eigenvalue weighted by Crippen LogP contribution is -2.50. The van der Waals surface area contributed by atoms with Crippen LogP contribution in [0.5, 0.6) is 0 Å². The van der Waals surface area contributed by atoms with E-state index in [9.17, 15) is 13.2 Å². The quantitative estimate of drug-likeness (QED) is 0.714. The smallest absolute Gasteiger partial charge is 0.226 e. The van der Waals surface area contributed by atoms with E-state index in [1.165, 1.54) is 6.26 Å². The van der Waals surface area contributed by atoms with Gasteiger partial charge in [0.15, 0.2) is 0 Å². The minimum Gasteiger partial charge on any atom is -0.340 e. The Morgan fingerprint density at radius 2 is 1.78 bits per heavy atom. The van der Waals surface area contributed by atoms with Crippen molar-refractivity contribution in [1.29, 1.82) is 0 Å². The molecule has 2 rings (SSSR count). The maximum absolute atomic E-state index is 12.0. The molecule has 6 heteroatoms. The van der Waals surface area contributed by atoms with Crippen molar-refractivity contribution in [1.82, 2.24) is 9.80 Å². The molecule has 0 spiro atoms. The first-order valence-electron chi connectivity index (χ1n) is 6.55. The van der Waals surface area contributed by atoms with Gasteiger partial charge < -0.3 is 4.90 Å². The fourth-order valence-corrected chi connectivity index (χ4v) is 2.98. The van der Waals surface area contributed by atoms with E-state index in [0.717, 1.165) is 32.6 Å². The normalized spacial score (nSPS) is 29.3. The van der Waals surface area contributed by atoms with E-state index in [0.29, 0.717) is 18.4 Å². The highest BCUT2D eigenvalue weighted by Crippen LogP contribution is 2.39. The molecular formula is C12H22N2O3S. The van der Waals surface area contributed by atoms with Gasteiger partial charge in [-0.2, -0.15) is 0 Å². The van der Waals surface area contributed by atoms with E-state index in [1.807, 2.05) is 4.90 Å². The molecule has 2 fully saturated rings. The molecule has 104 valence electrons. The number of piperazine rings is 1. The van der Waals surface area contributed by atoms with Crippen LogP contribution >= 0.6 is 0 Å². The minimum absolute atomic E-state index is 0.209. The molecule has 0 radical (unpaired) electrons. The van der Waals surface area contributed by atoms with Crippen LogP contribution in [0.25, 0.3) is 0 Å². The number of rotatable bonds is 4. The zero-order valence-corrected chi connectivity index (χ0v) is 11.9. The van der Waals surface area contributed by atoms with Crippen molar-refractivity contribution in [2.24, 2.45) is 11.8 Å². The summed E-state index contributed by atoms with van der Waals surface area (Å²) in [7, 11) is -2.89. The molecule has 0 N–H and O–H groups in total. The van der Waals surface area contributed by atoms with Crippen molar-refractivity contribution in [3.63, 3.8) is 0 Å². The van der Waals surface area contributed by atoms with Crippen molar-refractivity contribution in [3.8, 4) is 0 Å². The van der Waals surface area contributed by atoms with E-state index < -0.39 is 9.84 Å². The Bertz CT molecular complexity index is 413. The Hall–Kier alpha value is -0.620. The predicted octanol–water partition coefficient (Wildman–Crippen LogP) is -0.169. The molecule has 5 nitrogen and oxygen atoms in total. The Balaban J connectivity index is 1.73. The summed E-state index contributed by atoms with van der Waals surface area (Å²) >= 11 is 0. The summed E-state index contributed by atoms with van der Waals surface area (Å²) in [5.41, 5.74) is 0. The van der Waals surface area contributed by atoms with Crippen LogP contribution in [0.4, 0.5) is 0 Å². The highest BCUT2D eigenvalue weighted by Gasteiger charge is 2.41. The van der Waals surface area contributed by atoms with E-state index >= 15 is 0 Å². The van der Waals surface area contributed by atoms with Crippen LogP contribution in [0.3, 0.4) is 0 Å². The first kappa shape index (κ1) is 13.8. The van der Waals surface area contributed by atoms with Gasteiger partial charge in [-0.05, 0) is 12.3 Å². The average molecular weight is 274 g/mol. The van der Waals surface area contributed by atoms with Gasteiger partial charge in [0.2, 0.25) is 5.91 Å². The molecule has 1 saturated carbocycles. The lowest BCUT2D eigenvalue weighted by atomic mass is 10.2. The number of hydrogen-bond donors (Lipinski definition) is 0. The van der Waals surface area contributed by atoms with Gasteiger partial charge in [0, 0.05) is 44.9 Å². The van der Waals surface area contributed by atoms with Gasteiger partial charge in [-0.3, -0.25) is 9.69 Å². The predicted molar refractivity (Wildman–Crippen MR) is 70.0 cm³/mol. The van der Waals surface area contributed by atoms with Gasteiger partial charge in [0.05, 0.1) is 5.75 Å². The summed E-state index contributed by atoms with van der Waals surface area (Å²) < 4.78 is 22.2. The molecule has 1 aliphatic carbocycles. The Morgan fingerprint density at radius 3 is 2.22 bits per heavy atom. The number of nitrogens with zero attached hydrogens (tertiary/aromatic N) is 2. The summed E-state index contributed by atoms with van der Waals surface area (Å²) in [6, 6.07) is 0. The number of carbonyl (C=O) groups is 1. The minimum atomic E-state index is -2.89. The van der Waals surface area contributed by atoms with Crippen molar-refractivity contribution in [2.45, 2.75) is 13.3 Å². The maximum atomic E-state index is 12.0. The molecule has 2 atom stereocenters. The van der Waals surface area contributed by atoms with Gasteiger partial charge in [0.25, 0.3) is 0 Å². The standard InChI is InChI=1S/C12H22N2O3S/c1-10-9-11(10)12(15)14-5-3-13(4-6-14)7-8-18(2,16)17/h10-11H,3-9H2,1-2H3/t10-,11+/m1/s1. The zero-order valence-electron chi connectivity index (χ0n) is 11.1. The van der Waals surface area contributed by atoms with Gasteiger partial charge in [-0.15, -0.1) is 0 Å². The number of amides is 1. The lowest BCUT2D eigenvalue weighted by molar-refractivity contribution is -0.134. The first-order valence-corrected chi connectivity index (χ1v) is 8.62. The van der Waals surface area contributed by atoms with Crippen molar-refractivity contribution >= 4 is 15.7 Å². The van der Waals surface area contributed by atoms with Gasteiger partial charge >= 0.3 is 0 Å². The second-order valence-corrected chi connectivity index (χ2v) is 7.88. The molecule has 0 aromatic carbocycles. The highest BCUT2D eigenvalue weighted by atomic mass is 32.2. The lowest BCUT2D eigenvalue weighted by Gasteiger charge is -2.34. The number of carbonyl (C=O) groups excluding carboxylic acids is 1. The summed E-state index contributed by atoms with van der Waals surface area (Å²) in [5, 5.41) is 0. The Kier molecular flexibility index (Phi) is 3.96. The monoisotopic (exact) mass is 274 g/mol. The van der Waals surface area contributed by atoms with Crippen LogP contribution < -0.4 is 0 Å². The van der Waals surface area contributed by atoms with E-state index in [-0.39, 0.29) is 11.7 Å². The topological polar surface area (TPSA) is 57.7 Å². The molecule has 1 amide bonds.